The molecule has 3 fully saturated rings. The standard InChI is InChI=1S/C29H44O5/c1-16(2)20-9-7-18(5)13-25(20)33-27(30)15-22-23-11-12-24(32-23)28(22)29(31)34-26-14-19(6)8-10-21(26)17(3)4/h11-12,15-21,23-26,28H,7-10,13-14H2,1-6H3/b22-15-. The van der Waals surface area contributed by atoms with E-state index in [2.05, 4.69) is 41.5 Å². The molecule has 0 aromatic carbocycles. The zero-order valence-electron chi connectivity index (χ0n) is 21.9. The minimum atomic E-state index is -0.557. The molecule has 0 spiro atoms. The summed E-state index contributed by atoms with van der Waals surface area (Å²) >= 11 is 0. The van der Waals surface area contributed by atoms with E-state index in [9.17, 15) is 9.59 Å². The average molecular weight is 473 g/mol. The predicted molar refractivity (Wildman–Crippen MR) is 132 cm³/mol. The third-order valence-electron chi connectivity index (χ3n) is 8.79. The number of rotatable bonds is 6. The normalized spacial score (nSPS) is 40.8. The van der Waals surface area contributed by atoms with E-state index in [1.165, 1.54) is 18.9 Å². The van der Waals surface area contributed by atoms with Crippen LogP contribution in [0.1, 0.15) is 80.1 Å². The van der Waals surface area contributed by atoms with Crippen LogP contribution in [-0.4, -0.2) is 36.4 Å². The zero-order chi connectivity index (χ0) is 24.6. The maximum absolute atomic E-state index is 13.4. The Bertz CT molecular complexity index is 811. The van der Waals surface area contributed by atoms with Crippen molar-refractivity contribution < 1.29 is 23.8 Å². The first-order valence-corrected chi connectivity index (χ1v) is 13.6. The fraction of sp³-hybridized carbons (Fsp3) is 0.793. The van der Waals surface area contributed by atoms with E-state index in [-0.39, 0.29) is 36.4 Å². The van der Waals surface area contributed by atoms with Crippen molar-refractivity contribution in [3.05, 3.63) is 23.8 Å². The molecule has 0 aromatic heterocycles. The van der Waals surface area contributed by atoms with Crippen LogP contribution in [0.4, 0.5) is 0 Å². The molecule has 9 unspecified atom stereocenters. The Morgan fingerprint density at radius 3 is 2.00 bits per heavy atom. The lowest BCUT2D eigenvalue weighted by Gasteiger charge is -2.37. The van der Waals surface area contributed by atoms with Crippen LogP contribution in [0, 0.1) is 41.4 Å². The summed E-state index contributed by atoms with van der Waals surface area (Å²) in [5.41, 5.74) is 0.692. The van der Waals surface area contributed by atoms with Crippen LogP contribution < -0.4 is 0 Å². The molecule has 0 amide bonds. The summed E-state index contributed by atoms with van der Waals surface area (Å²) < 4.78 is 18.1. The lowest BCUT2D eigenvalue weighted by atomic mass is 9.75. The van der Waals surface area contributed by atoms with E-state index in [0.29, 0.717) is 41.1 Å². The van der Waals surface area contributed by atoms with Gasteiger partial charge in [0, 0.05) is 6.08 Å². The molecule has 0 radical (unpaired) electrons. The highest BCUT2D eigenvalue weighted by molar-refractivity contribution is 5.87. The molecule has 34 heavy (non-hydrogen) atoms. The first-order valence-electron chi connectivity index (χ1n) is 13.6. The van der Waals surface area contributed by atoms with Crippen molar-refractivity contribution in [2.45, 2.75) is 104 Å². The Hall–Kier alpha value is -1.62. The SMILES string of the molecule is CC1CCC(C(C)C)C(OC(=O)/C=C2/C3C=CC(O3)C2C(=O)OC2CC(C)CCC2C(C)C)C1. The Balaban J connectivity index is 1.47. The number of carbonyl (C=O) groups is 2. The van der Waals surface area contributed by atoms with Gasteiger partial charge in [-0.3, -0.25) is 4.79 Å². The molecule has 2 saturated carbocycles. The predicted octanol–water partition coefficient (Wildman–Crippen LogP) is 5.87. The lowest BCUT2D eigenvalue weighted by molar-refractivity contribution is -0.160. The van der Waals surface area contributed by atoms with Crippen LogP contribution in [0.2, 0.25) is 0 Å². The molecule has 4 rings (SSSR count). The maximum Gasteiger partial charge on any atom is 0.331 e. The van der Waals surface area contributed by atoms with Crippen LogP contribution in [0.25, 0.3) is 0 Å². The van der Waals surface area contributed by atoms with Gasteiger partial charge in [-0.15, -0.1) is 0 Å². The highest BCUT2D eigenvalue weighted by atomic mass is 16.6. The highest BCUT2D eigenvalue weighted by Gasteiger charge is 2.48. The van der Waals surface area contributed by atoms with Crippen molar-refractivity contribution >= 4 is 11.9 Å². The Labute approximate surface area is 205 Å². The van der Waals surface area contributed by atoms with E-state index in [4.69, 9.17) is 14.2 Å². The molecule has 5 nitrogen and oxygen atoms in total. The van der Waals surface area contributed by atoms with Crippen LogP contribution in [0.3, 0.4) is 0 Å². The van der Waals surface area contributed by atoms with Gasteiger partial charge in [0.05, 0.1) is 12.2 Å². The van der Waals surface area contributed by atoms with E-state index in [1.807, 2.05) is 12.2 Å². The molecule has 2 heterocycles. The van der Waals surface area contributed by atoms with Gasteiger partial charge in [-0.2, -0.15) is 0 Å². The number of ether oxygens (including phenoxy) is 3. The van der Waals surface area contributed by atoms with E-state index >= 15 is 0 Å². The van der Waals surface area contributed by atoms with Crippen molar-refractivity contribution in [2.75, 3.05) is 0 Å². The zero-order valence-corrected chi connectivity index (χ0v) is 21.9. The molecule has 1 saturated heterocycles. The average Bonchev–Trinajstić information content (AvgIpc) is 3.35. The molecular weight excluding hydrogens is 428 g/mol. The van der Waals surface area contributed by atoms with E-state index in [1.54, 1.807) is 0 Å². The molecule has 0 N–H and O–H groups in total. The number of carbonyl (C=O) groups excluding carboxylic acids is 2. The number of fused-ring (bicyclic) bond motifs is 2. The van der Waals surface area contributed by atoms with Crippen LogP contribution in [-0.2, 0) is 23.8 Å². The van der Waals surface area contributed by atoms with Gasteiger partial charge >= 0.3 is 11.9 Å². The summed E-state index contributed by atoms with van der Waals surface area (Å²) in [6.07, 6.45) is 10.9. The summed E-state index contributed by atoms with van der Waals surface area (Å²) in [7, 11) is 0. The van der Waals surface area contributed by atoms with Crippen molar-refractivity contribution in [1.29, 1.82) is 0 Å². The van der Waals surface area contributed by atoms with Gasteiger partial charge in [-0.05, 0) is 66.8 Å². The van der Waals surface area contributed by atoms with E-state index in [0.717, 1.165) is 25.7 Å². The number of esters is 2. The van der Waals surface area contributed by atoms with Crippen molar-refractivity contribution in [3.63, 3.8) is 0 Å². The fourth-order valence-corrected chi connectivity index (χ4v) is 6.70. The molecule has 0 aromatic rings. The molecular formula is C29H44O5. The smallest absolute Gasteiger partial charge is 0.331 e. The topological polar surface area (TPSA) is 61.8 Å². The summed E-state index contributed by atoms with van der Waals surface area (Å²) in [5.74, 6) is 1.66. The van der Waals surface area contributed by atoms with Gasteiger partial charge in [0.15, 0.2) is 0 Å². The van der Waals surface area contributed by atoms with Gasteiger partial charge in [0.2, 0.25) is 0 Å². The molecule has 5 heteroatoms. The molecule has 2 aliphatic heterocycles. The largest absolute Gasteiger partial charge is 0.462 e. The third-order valence-corrected chi connectivity index (χ3v) is 8.79. The Morgan fingerprint density at radius 2 is 1.44 bits per heavy atom. The monoisotopic (exact) mass is 472 g/mol. The van der Waals surface area contributed by atoms with Crippen LogP contribution in [0.5, 0.6) is 0 Å². The van der Waals surface area contributed by atoms with Gasteiger partial charge in [0.25, 0.3) is 0 Å². The highest BCUT2D eigenvalue weighted by Crippen LogP contribution is 2.42. The molecule has 2 bridgehead atoms. The first kappa shape index (κ1) is 25.5. The summed E-state index contributed by atoms with van der Waals surface area (Å²) in [4.78, 5) is 26.4. The molecule has 4 aliphatic rings. The quantitative estimate of drug-likeness (QED) is 0.275. The summed E-state index contributed by atoms with van der Waals surface area (Å²) in [6, 6.07) is 0. The van der Waals surface area contributed by atoms with Crippen molar-refractivity contribution in [1.82, 2.24) is 0 Å². The lowest BCUT2D eigenvalue weighted by Crippen LogP contribution is -2.39. The number of hydrogen-bond donors (Lipinski definition) is 0. The summed E-state index contributed by atoms with van der Waals surface area (Å²) in [5, 5.41) is 0. The molecule has 2 aliphatic carbocycles. The Morgan fingerprint density at radius 1 is 0.882 bits per heavy atom. The number of hydrogen-bond acceptors (Lipinski definition) is 5. The van der Waals surface area contributed by atoms with Crippen LogP contribution >= 0.6 is 0 Å². The van der Waals surface area contributed by atoms with Gasteiger partial charge in [-0.1, -0.05) is 66.5 Å². The molecule has 190 valence electrons. The minimum absolute atomic E-state index is 0.0657. The second-order valence-corrected chi connectivity index (χ2v) is 12.1. The minimum Gasteiger partial charge on any atom is -0.462 e. The first-order chi connectivity index (χ1) is 16.1. The van der Waals surface area contributed by atoms with E-state index < -0.39 is 5.92 Å². The Kier molecular flexibility index (Phi) is 7.91. The molecule has 9 atom stereocenters. The second kappa shape index (κ2) is 10.6. The van der Waals surface area contributed by atoms with Gasteiger partial charge in [0.1, 0.15) is 18.1 Å². The van der Waals surface area contributed by atoms with Crippen molar-refractivity contribution in [3.8, 4) is 0 Å². The van der Waals surface area contributed by atoms with Crippen molar-refractivity contribution in [2.24, 2.45) is 41.4 Å². The second-order valence-electron chi connectivity index (χ2n) is 12.1. The third kappa shape index (κ3) is 5.45. The van der Waals surface area contributed by atoms with Gasteiger partial charge in [-0.25, -0.2) is 4.79 Å². The van der Waals surface area contributed by atoms with Gasteiger partial charge < -0.3 is 14.2 Å². The fourth-order valence-electron chi connectivity index (χ4n) is 6.70. The summed E-state index contributed by atoms with van der Waals surface area (Å²) in [6.45, 7) is 13.3. The maximum atomic E-state index is 13.4. The van der Waals surface area contributed by atoms with Crippen LogP contribution in [0.15, 0.2) is 23.8 Å².